The molecule has 0 bridgehead atoms. The molecule has 62 valence electrons. The maximum absolute atomic E-state index is 7.57. The standard InChI is InChI=1S/C5H12N2.C2H6O/c1-7-4-2-6-3-5-7;1-2-3/h6H,2-5H2,1H3;3H,2H2,1H3. The number of nitrogens with one attached hydrogen (secondary N) is 1. The second-order valence-corrected chi connectivity index (χ2v) is 2.37. The number of piperazine rings is 1. The molecule has 0 aromatic carbocycles. The molecule has 1 aliphatic rings. The van der Waals surface area contributed by atoms with Crippen molar-refractivity contribution in [2.45, 2.75) is 6.92 Å². The lowest BCUT2D eigenvalue weighted by Gasteiger charge is -2.21. The third-order valence-corrected chi connectivity index (χ3v) is 1.34. The van der Waals surface area contributed by atoms with Crippen LogP contribution in [0.3, 0.4) is 0 Å². The van der Waals surface area contributed by atoms with Crippen LogP contribution in [0.2, 0.25) is 0 Å². The number of aliphatic hydroxyl groups is 1. The van der Waals surface area contributed by atoms with Crippen LogP contribution in [0.15, 0.2) is 0 Å². The molecule has 1 rings (SSSR count). The first-order valence-electron chi connectivity index (χ1n) is 3.81. The number of aliphatic hydroxyl groups excluding tert-OH is 1. The first-order chi connectivity index (χ1) is 4.81. The Kier molecular flexibility index (Phi) is 6.91. The Hall–Kier alpha value is -0.120. The summed E-state index contributed by atoms with van der Waals surface area (Å²) in [7, 11) is 2.15. The van der Waals surface area contributed by atoms with Crippen LogP contribution in [-0.2, 0) is 0 Å². The van der Waals surface area contributed by atoms with Crippen molar-refractivity contribution in [3.8, 4) is 0 Å². The van der Waals surface area contributed by atoms with Gasteiger partial charge in [0.25, 0.3) is 0 Å². The number of likely N-dealkylation sites (N-methyl/N-ethyl adjacent to an activating group) is 1. The molecule has 0 amide bonds. The van der Waals surface area contributed by atoms with Crippen LogP contribution in [-0.4, -0.2) is 49.8 Å². The van der Waals surface area contributed by atoms with Crippen LogP contribution in [0.1, 0.15) is 6.92 Å². The molecule has 10 heavy (non-hydrogen) atoms. The Labute approximate surface area is 63.0 Å². The van der Waals surface area contributed by atoms with Gasteiger partial charge in [-0.05, 0) is 14.0 Å². The average molecular weight is 146 g/mol. The normalized spacial score (nSPS) is 19.5. The van der Waals surface area contributed by atoms with E-state index in [0.29, 0.717) is 0 Å². The molecular weight excluding hydrogens is 128 g/mol. The minimum atomic E-state index is 0.250. The zero-order valence-electron chi connectivity index (χ0n) is 6.93. The van der Waals surface area contributed by atoms with Crippen molar-refractivity contribution in [3.05, 3.63) is 0 Å². The SMILES string of the molecule is CCO.CN1CCNCC1. The highest BCUT2D eigenvalue weighted by Crippen LogP contribution is 1.82. The van der Waals surface area contributed by atoms with Crippen molar-refractivity contribution in [1.29, 1.82) is 0 Å². The molecule has 1 saturated heterocycles. The van der Waals surface area contributed by atoms with E-state index in [9.17, 15) is 0 Å². The zero-order valence-corrected chi connectivity index (χ0v) is 6.93. The molecule has 1 aliphatic heterocycles. The van der Waals surface area contributed by atoms with Gasteiger partial charge in [0, 0.05) is 32.8 Å². The van der Waals surface area contributed by atoms with E-state index in [1.165, 1.54) is 13.1 Å². The van der Waals surface area contributed by atoms with Crippen molar-refractivity contribution in [2.75, 3.05) is 39.8 Å². The summed E-state index contributed by atoms with van der Waals surface area (Å²) in [6, 6.07) is 0. The minimum Gasteiger partial charge on any atom is -0.397 e. The van der Waals surface area contributed by atoms with Gasteiger partial charge >= 0.3 is 0 Å². The lowest BCUT2D eigenvalue weighted by atomic mass is 10.4. The molecule has 0 aromatic heterocycles. The van der Waals surface area contributed by atoms with E-state index in [-0.39, 0.29) is 6.61 Å². The van der Waals surface area contributed by atoms with Crippen LogP contribution in [0.4, 0.5) is 0 Å². The monoisotopic (exact) mass is 146 g/mol. The van der Waals surface area contributed by atoms with Crippen LogP contribution in [0, 0.1) is 0 Å². The van der Waals surface area contributed by atoms with Crippen molar-refractivity contribution >= 4 is 0 Å². The van der Waals surface area contributed by atoms with E-state index in [2.05, 4.69) is 17.3 Å². The van der Waals surface area contributed by atoms with E-state index in [4.69, 9.17) is 5.11 Å². The van der Waals surface area contributed by atoms with Gasteiger partial charge in [0.15, 0.2) is 0 Å². The van der Waals surface area contributed by atoms with Gasteiger partial charge in [-0.15, -0.1) is 0 Å². The Morgan fingerprint density at radius 1 is 1.40 bits per heavy atom. The minimum absolute atomic E-state index is 0.250. The molecule has 0 unspecified atom stereocenters. The fourth-order valence-corrected chi connectivity index (χ4v) is 0.777. The third-order valence-electron chi connectivity index (χ3n) is 1.34. The van der Waals surface area contributed by atoms with Gasteiger partial charge in [-0.3, -0.25) is 0 Å². The highest BCUT2D eigenvalue weighted by atomic mass is 16.2. The van der Waals surface area contributed by atoms with Crippen molar-refractivity contribution in [3.63, 3.8) is 0 Å². The summed E-state index contributed by atoms with van der Waals surface area (Å²) < 4.78 is 0. The van der Waals surface area contributed by atoms with Gasteiger partial charge in [-0.1, -0.05) is 0 Å². The predicted molar refractivity (Wildman–Crippen MR) is 43.1 cm³/mol. The Morgan fingerprint density at radius 2 is 1.80 bits per heavy atom. The quantitative estimate of drug-likeness (QED) is 0.484. The first-order valence-corrected chi connectivity index (χ1v) is 3.81. The molecule has 1 heterocycles. The number of hydrogen-bond donors (Lipinski definition) is 2. The smallest absolute Gasteiger partial charge is 0.0402 e. The third kappa shape index (κ3) is 6.01. The summed E-state index contributed by atoms with van der Waals surface area (Å²) in [5, 5.41) is 10.8. The lowest BCUT2D eigenvalue weighted by Crippen LogP contribution is -2.40. The Bertz CT molecular complexity index is 62.6. The van der Waals surface area contributed by atoms with Gasteiger partial charge in [0.2, 0.25) is 0 Å². The van der Waals surface area contributed by atoms with E-state index in [0.717, 1.165) is 13.1 Å². The summed E-state index contributed by atoms with van der Waals surface area (Å²) in [4.78, 5) is 2.33. The largest absolute Gasteiger partial charge is 0.397 e. The topological polar surface area (TPSA) is 35.5 Å². The van der Waals surface area contributed by atoms with Crippen molar-refractivity contribution in [2.24, 2.45) is 0 Å². The Balaban J connectivity index is 0.000000236. The number of hydrogen-bond acceptors (Lipinski definition) is 3. The maximum Gasteiger partial charge on any atom is 0.0402 e. The molecule has 0 aliphatic carbocycles. The molecular formula is C7H18N2O. The average Bonchev–Trinajstić information content (AvgIpc) is 1.91. The lowest BCUT2D eigenvalue weighted by molar-refractivity contribution is 0.291. The van der Waals surface area contributed by atoms with Gasteiger partial charge < -0.3 is 15.3 Å². The molecule has 0 spiro atoms. The molecule has 3 heteroatoms. The summed E-state index contributed by atoms with van der Waals surface area (Å²) in [5.74, 6) is 0. The fourth-order valence-electron chi connectivity index (χ4n) is 0.777. The van der Waals surface area contributed by atoms with Gasteiger partial charge in [0.1, 0.15) is 0 Å². The van der Waals surface area contributed by atoms with Crippen LogP contribution in [0.5, 0.6) is 0 Å². The highest BCUT2D eigenvalue weighted by molar-refractivity contribution is 4.62. The molecule has 2 N–H and O–H groups in total. The van der Waals surface area contributed by atoms with E-state index in [1.54, 1.807) is 6.92 Å². The first kappa shape index (κ1) is 9.88. The van der Waals surface area contributed by atoms with E-state index >= 15 is 0 Å². The summed E-state index contributed by atoms with van der Waals surface area (Å²) in [6.07, 6.45) is 0. The second-order valence-electron chi connectivity index (χ2n) is 2.37. The van der Waals surface area contributed by atoms with Crippen molar-refractivity contribution in [1.82, 2.24) is 10.2 Å². The Morgan fingerprint density at radius 3 is 2.00 bits per heavy atom. The van der Waals surface area contributed by atoms with E-state index in [1.807, 2.05) is 0 Å². The molecule has 1 fully saturated rings. The molecule has 0 aromatic rings. The van der Waals surface area contributed by atoms with Crippen molar-refractivity contribution < 1.29 is 5.11 Å². The molecule has 3 nitrogen and oxygen atoms in total. The molecule has 0 atom stereocenters. The summed E-state index contributed by atoms with van der Waals surface area (Å²) in [6.45, 7) is 6.67. The summed E-state index contributed by atoms with van der Waals surface area (Å²) >= 11 is 0. The molecule has 0 radical (unpaired) electrons. The highest BCUT2D eigenvalue weighted by Gasteiger charge is 2.01. The van der Waals surface area contributed by atoms with Gasteiger partial charge in [-0.25, -0.2) is 0 Å². The molecule has 0 saturated carbocycles. The van der Waals surface area contributed by atoms with Crippen LogP contribution in [0.25, 0.3) is 0 Å². The van der Waals surface area contributed by atoms with Crippen LogP contribution >= 0.6 is 0 Å². The second kappa shape index (κ2) is 6.99. The van der Waals surface area contributed by atoms with Crippen LogP contribution < -0.4 is 5.32 Å². The maximum atomic E-state index is 7.57. The van der Waals surface area contributed by atoms with E-state index < -0.39 is 0 Å². The summed E-state index contributed by atoms with van der Waals surface area (Å²) in [5.41, 5.74) is 0. The van der Waals surface area contributed by atoms with Gasteiger partial charge in [0.05, 0.1) is 0 Å². The zero-order chi connectivity index (χ0) is 7.82. The number of nitrogens with zero attached hydrogens (tertiary/aromatic N) is 1. The van der Waals surface area contributed by atoms with Gasteiger partial charge in [-0.2, -0.15) is 0 Å². The predicted octanol–water partition coefficient (Wildman–Crippen LogP) is -0.480. The number of rotatable bonds is 0. The fraction of sp³-hybridized carbons (Fsp3) is 1.00.